The first-order valence-corrected chi connectivity index (χ1v) is 18.4. The summed E-state index contributed by atoms with van der Waals surface area (Å²) >= 11 is 0. The molecule has 12 aromatic rings. The van der Waals surface area contributed by atoms with Gasteiger partial charge in [0.15, 0.2) is 0 Å². The second-order valence-corrected chi connectivity index (χ2v) is 14.0. The van der Waals surface area contributed by atoms with Crippen molar-refractivity contribution in [2.24, 2.45) is 0 Å². The molecular weight excluding hydrogens is 779 g/mol. The quantitative estimate of drug-likeness (QED) is 0.0988. The van der Waals surface area contributed by atoms with Crippen molar-refractivity contribution in [2.75, 3.05) is 0 Å². The molecule has 7 aromatic carbocycles. The fourth-order valence-electron chi connectivity index (χ4n) is 8.62. The molecule has 264 valence electrons. The molecule has 0 aliphatic rings. The van der Waals surface area contributed by atoms with Crippen LogP contribution in [-0.2, 0) is 20.4 Å². The van der Waals surface area contributed by atoms with Crippen molar-refractivity contribution in [3.63, 3.8) is 0 Å². The zero-order valence-electron chi connectivity index (χ0n) is 29.7. The predicted molar refractivity (Wildman–Crippen MR) is 223 cm³/mol. The Balaban J connectivity index is 0.00000363. The minimum Gasteiger partial charge on any atom is -0.503 e. The van der Waals surface area contributed by atoms with Crippen LogP contribution in [0.15, 0.2) is 170 Å². The van der Waals surface area contributed by atoms with Crippen LogP contribution < -0.4 is 4.74 Å². The van der Waals surface area contributed by atoms with Crippen molar-refractivity contribution < 1.29 is 25.2 Å². The van der Waals surface area contributed by atoms with Crippen LogP contribution in [0.5, 0.6) is 11.5 Å². The van der Waals surface area contributed by atoms with E-state index in [1.165, 1.54) is 16.3 Å². The average Bonchev–Trinajstić information content (AvgIpc) is 3.93. The van der Waals surface area contributed by atoms with Crippen molar-refractivity contribution >= 4 is 65.5 Å². The molecule has 0 atom stereocenters. The van der Waals surface area contributed by atoms with Gasteiger partial charge in [0, 0.05) is 45.1 Å². The molecule has 5 aromatic heterocycles. The molecule has 0 N–H and O–H groups in total. The van der Waals surface area contributed by atoms with E-state index in [9.17, 15) is 0 Å². The van der Waals surface area contributed by atoms with Crippen LogP contribution in [0, 0.1) is 12.1 Å². The minimum absolute atomic E-state index is 0. The van der Waals surface area contributed by atoms with E-state index in [0.717, 1.165) is 82.9 Å². The van der Waals surface area contributed by atoms with Gasteiger partial charge in [0.2, 0.25) is 0 Å². The van der Waals surface area contributed by atoms with E-state index < -0.39 is 0 Å². The van der Waals surface area contributed by atoms with E-state index in [-0.39, 0.29) is 20.4 Å². The number of benzene rings is 7. The Labute approximate surface area is 335 Å². The van der Waals surface area contributed by atoms with Crippen LogP contribution >= 0.6 is 0 Å². The van der Waals surface area contributed by atoms with Crippen molar-refractivity contribution in [1.29, 1.82) is 0 Å². The van der Waals surface area contributed by atoms with Crippen LogP contribution in [0.2, 0.25) is 0 Å². The van der Waals surface area contributed by atoms with Gasteiger partial charge in [-0.05, 0) is 39.6 Å². The molecule has 0 aliphatic carbocycles. The van der Waals surface area contributed by atoms with Gasteiger partial charge in [0.1, 0.15) is 5.65 Å². The maximum atomic E-state index is 6.67. The average molecular weight is 807 g/mol. The van der Waals surface area contributed by atoms with Gasteiger partial charge in [-0.3, -0.25) is 4.98 Å². The number of para-hydroxylation sites is 2. The second-order valence-electron chi connectivity index (χ2n) is 14.0. The standard InChI is InChI=1S/C50H28N4O.Pd/c1-4-13-31(14-5-1)36-27-28-51-50-45(36)41-21-12-20-40-39-26-24-35(30-44(39)54(50)48(40)41)55-34-23-25-37-38-19-10-11-22-43(38)53-47(33-17-8-3-9-18-33)46(32-15-6-2-7-16-32)52-49(53)42(37)29-34;/h1-28H;/q-2;+2. The summed E-state index contributed by atoms with van der Waals surface area (Å²) < 4.78 is 11.2. The SMILES string of the molecule is [Pd+2].[c-]1c(Oc2[c-]c3c(cc2)c2cccc4c5c(-c6ccccc6)ccnc5n3c24)ccc2c1c1nc(-c3ccccc3)c(-c3ccccc3)n1c1ccccc21. The van der Waals surface area contributed by atoms with Gasteiger partial charge in [-0.1, -0.05) is 150 Å². The molecular formula is C50H28N4OPd. The summed E-state index contributed by atoms with van der Waals surface area (Å²) in [6.45, 7) is 0. The molecule has 0 saturated heterocycles. The number of rotatable bonds is 5. The van der Waals surface area contributed by atoms with Gasteiger partial charge >= 0.3 is 20.4 Å². The van der Waals surface area contributed by atoms with Gasteiger partial charge in [-0.2, -0.15) is 6.07 Å². The summed E-state index contributed by atoms with van der Waals surface area (Å²) in [5, 5.41) is 7.66. The number of nitrogens with zero attached hydrogens (tertiary/aromatic N) is 4. The van der Waals surface area contributed by atoms with Crippen LogP contribution in [0.3, 0.4) is 0 Å². The summed E-state index contributed by atoms with van der Waals surface area (Å²) in [5.41, 5.74) is 11.3. The van der Waals surface area contributed by atoms with Crippen molar-refractivity contribution in [1.82, 2.24) is 18.8 Å². The van der Waals surface area contributed by atoms with Crippen LogP contribution in [0.4, 0.5) is 0 Å². The molecule has 0 amide bonds. The van der Waals surface area contributed by atoms with E-state index in [1.54, 1.807) is 0 Å². The largest absolute Gasteiger partial charge is 2.00 e. The van der Waals surface area contributed by atoms with Gasteiger partial charge in [0.25, 0.3) is 0 Å². The summed E-state index contributed by atoms with van der Waals surface area (Å²) in [5.74, 6) is 1.19. The molecule has 0 saturated carbocycles. The van der Waals surface area contributed by atoms with E-state index in [2.05, 4.69) is 160 Å². The number of hydrogen-bond donors (Lipinski definition) is 0. The molecule has 0 aliphatic heterocycles. The Bertz CT molecular complexity index is 3450. The first-order valence-electron chi connectivity index (χ1n) is 18.4. The predicted octanol–water partition coefficient (Wildman–Crippen LogP) is 12.6. The number of hydrogen-bond acceptors (Lipinski definition) is 3. The molecule has 5 heterocycles. The minimum atomic E-state index is 0. The first-order chi connectivity index (χ1) is 27.3. The number of ether oxygens (including phenoxy) is 1. The summed E-state index contributed by atoms with van der Waals surface area (Å²) in [4.78, 5) is 10.3. The Kier molecular flexibility index (Phi) is 7.34. The van der Waals surface area contributed by atoms with E-state index >= 15 is 0 Å². The van der Waals surface area contributed by atoms with Gasteiger partial charge < -0.3 is 13.5 Å². The maximum absolute atomic E-state index is 6.67. The first kappa shape index (κ1) is 32.6. The molecule has 56 heavy (non-hydrogen) atoms. The van der Waals surface area contributed by atoms with Crippen molar-refractivity contribution in [3.05, 3.63) is 182 Å². The molecule has 0 spiro atoms. The molecule has 12 rings (SSSR count). The van der Waals surface area contributed by atoms with Crippen LogP contribution in [0.1, 0.15) is 0 Å². The third-order valence-electron chi connectivity index (χ3n) is 10.9. The summed E-state index contributed by atoms with van der Waals surface area (Å²) in [7, 11) is 0. The number of aromatic nitrogens is 4. The summed E-state index contributed by atoms with van der Waals surface area (Å²) in [6, 6.07) is 64.2. The molecule has 0 bridgehead atoms. The van der Waals surface area contributed by atoms with Crippen molar-refractivity contribution in [3.8, 4) is 45.1 Å². The fourth-order valence-corrected chi connectivity index (χ4v) is 8.62. The zero-order valence-corrected chi connectivity index (χ0v) is 31.2. The molecule has 0 radical (unpaired) electrons. The van der Waals surface area contributed by atoms with Crippen LogP contribution in [-0.4, -0.2) is 18.8 Å². The zero-order chi connectivity index (χ0) is 36.0. The Morgan fingerprint density at radius 2 is 1.12 bits per heavy atom. The molecule has 5 nitrogen and oxygen atoms in total. The second kappa shape index (κ2) is 12.6. The van der Waals surface area contributed by atoms with Crippen LogP contribution in [0.25, 0.3) is 99.2 Å². The van der Waals surface area contributed by atoms with Gasteiger partial charge in [0.05, 0.1) is 17.0 Å². The number of pyridine rings is 2. The molecule has 0 fully saturated rings. The van der Waals surface area contributed by atoms with Gasteiger partial charge in [-0.15, -0.1) is 29.7 Å². The van der Waals surface area contributed by atoms with E-state index in [0.29, 0.717) is 11.5 Å². The summed E-state index contributed by atoms with van der Waals surface area (Å²) in [6.07, 6.45) is 1.90. The third-order valence-corrected chi connectivity index (χ3v) is 10.9. The van der Waals surface area contributed by atoms with Gasteiger partial charge in [-0.25, -0.2) is 4.98 Å². The smallest absolute Gasteiger partial charge is 0.503 e. The maximum Gasteiger partial charge on any atom is 2.00 e. The normalized spacial score (nSPS) is 11.8. The van der Waals surface area contributed by atoms with E-state index in [4.69, 9.17) is 14.7 Å². The molecule has 0 unspecified atom stereocenters. The monoisotopic (exact) mass is 806 g/mol. The van der Waals surface area contributed by atoms with E-state index in [1.807, 2.05) is 30.5 Å². The number of imidazole rings is 1. The third kappa shape index (κ3) is 4.70. The Hall–Kier alpha value is -6.84. The fraction of sp³-hybridized carbons (Fsp3) is 0. The molecule has 6 heteroatoms. The topological polar surface area (TPSA) is 43.8 Å². The Morgan fingerprint density at radius 3 is 1.91 bits per heavy atom. The number of fused-ring (bicyclic) bond motifs is 12. The van der Waals surface area contributed by atoms with Crippen molar-refractivity contribution in [2.45, 2.75) is 0 Å². The Morgan fingerprint density at radius 1 is 0.482 bits per heavy atom.